The smallest absolute Gasteiger partial charge is 0.306 e. The number of rotatable bonds is 10. The van der Waals surface area contributed by atoms with Gasteiger partial charge in [-0.25, -0.2) is 8.78 Å². The second kappa shape index (κ2) is 11.7. The van der Waals surface area contributed by atoms with Crippen molar-refractivity contribution in [2.45, 2.75) is 25.6 Å². The molecule has 0 aromatic heterocycles. The van der Waals surface area contributed by atoms with Gasteiger partial charge < -0.3 is 19.3 Å². The van der Waals surface area contributed by atoms with Crippen molar-refractivity contribution in [3.8, 4) is 17.2 Å². The number of alkyl halides is 2. The van der Waals surface area contributed by atoms with E-state index in [0.29, 0.717) is 25.2 Å². The second-order valence-electron chi connectivity index (χ2n) is 8.78. The Morgan fingerprint density at radius 3 is 2.63 bits per heavy atom. The minimum atomic E-state index is -1.16. The van der Waals surface area contributed by atoms with Crippen LogP contribution in [0.25, 0.3) is 6.08 Å². The second-order valence-corrected chi connectivity index (χ2v) is 9.19. The average Bonchev–Trinajstić information content (AvgIpc) is 2.87. The molecule has 188 valence electrons. The highest BCUT2D eigenvalue weighted by Crippen LogP contribution is 2.32. The molecule has 0 amide bonds. The number of hydrogen-bond donors (Lipinski definition) is 1. The van der Waals surface area contributed by atoms with Crippen LogP contribution in [0, 0.1) is 5.92 Å². The molecule has 0 spiro atoms. The summed E-state index contributed by atoms with van der Waals surface area (Å²) >= 11 is 6.19. The zero-order valence-electron chi connectivity index (χ0n) is 19.2. The first-order valence-corrected chi connectivity index (χ1v) is 11.9. The Kier molecular flexibility index (Phi) is 8.46. The number of halogens is 3. The molecule has 35 heavy (non-hydrogen) atoms. The van der Waals surface area contributed by atoms with Crippen molar-refractivity contribution in [2.75, 3.05) is 39.6 Å². The third kappa shape index (κ3) is 6.64. The first-order valence-electron chi connectivity index (χ1n) is 11.6. The maximum Gasteiger partial charge on any atom is 0.306 e. The van der Waals surface area contributed by atoms with Gasteiger partial charge in [-0.1, -0.05) is 17.7 Å². The van der Waals surface area contributed by atoms with Crippen LogP contribution in [0.15, 0.2) is 42.0 Å². The minimum absolute atomic E-state index is 0.228. The summed E-state index contributed by atoms with van der Waals surface area (Å²) < 4.78 is 42.4. The molecule has 4 rings (SSSR count). The summed E-state index contributed by atoms with van der Waals surface area (Å²) in [5.74, 6) is 0.668. The molecule has 2 aliphatic heterocycles. The van der Waals surface area contributed by atoms with Gasteiger partial charge in [0.05, 0.1) is 10.9 Å². The number of benzene rings is 2. The van der Waals surface area contributed by atoms with Gasteiger partial charge in [-0.15, -0.1) is 0 Å². The number of fused-ring (bicyclic) bond motifs is 1. The summed E-state index contributed by atoms with van der Waals surface area (Å²) in [6.07, 6.45) is 2.31. The molecule has 1 N–H and O–H groups in total. The van der Waals surface area contributed by atoms with Gasteiger partial charge in [-0.3, -0.25) is 9.69 Å². The fraction of sp³-hybridized carbons (Fsp3) is 0.423. The minimum Gasteiger partial charge on any atom is -0.489 e. The third-order valence-electron chi connectivity index (χ3n) is 6.16. The summed E-state index contributed by atoms with van der Waals surface area (Å²) in [5, 5.41) is 9.42. The van der Waals surface area contributed by atoms with Crippen molar-refractivity contribution < 1.29 is 32.9 Å². The fourth-order valence-electron chi connectivity index (χ4n) is 4.18. The quantitative estimate of drug-likeness (QED) is 0.478. The largest absolute Gasteiger partial charge is 0.489 e. The van der Waals surface area contributed by atoms with Gasteiger partial charge in [-0.05, 0) is 67.4 Å². The molecule has 0 aliphatic carbocycles. The maximum atomic E-state index is 12.7. The number of ether oxygens (including phenoxy) is 3. The summed E-state index contributed by atoms with van der Waals surface area (Å²) in [5.41, 5.74) is 2.91. The SMILES string of the molecule is O=C(O)C1CCN(CC2=Cc3ccc(OCc4ccc(OC(CF)CF)c(Cl)c4)cc3OC2)CC1. The number of nitrogens with zero attached hydrogens (tertiary/aromatic N) is 1. The van der Waals surface area contributed by atoms with Gasteiger partial charge in [-0.2, -0.15) is 0 Å². The number of aliphatic carboxylic acids is 1. The molecule has 1 fully saturated rings. The monoisotopic (exact) mass is 507 g/mol. The van der Waals surface area contributed by atoms with Crippen LogP contribution in [0.2, 0.25) is 5.02 Å². The van der Waals surface area contributed by atoms with Crippen LogP contribution >= 0.6 is 11.6 Å². The van der Waals surface area contributed by atoms with Crippen LogP contribution in [0.3, 0.4) is 0 Å². The number of carboxylic acid groups (broad SMARTS) is 1. The standard InChI is InChI=1S/C26H28ClF2NO5/c27-23-10-17(1-4-24(23)35-22(12-28)13-29)15-33-21-3-2-20-9-18(16-34-25(20)11-21)14-30-7-5-19(6-8-30)26(31)32/h1-4,9-11,19,22H,5-8,12-16H2,(H,31,32). The van der Waals surface area contributed by atoms with Crippen LogP contribution in [-0.2, 0) is 11.4 Å². The molecule has 0 saturated carbocycles. The summed E-state index contributed by atoms with van der Waals surface area (Å²) in [6.45, 7) is 1.18. The van der Waals surface area contributed by atoms with Gasteiger partial charge in [0.25, 0.3) is 0 Å². The van der Waals surface area contributed by atoms with Crippen LogP contribution in [-0.4, -0.2) is 61.7 Å². The van der Waals surface area contributed by atoms with E-state index in [9.17, 15) is 13.6 Å². The molecule has 2 heterocycles. The van der Waals surface area contributed by atoms with E-state index in [1.165, 1.54) is 0 Å². The molecule has 0 bridgehead atoms. The van der Waals surface area contributed by atoms with Gasteiger partial charge in [0.2, 0.25) is 0 Å². The van der Waals surface area contributed by atoms with Gasteiger partial charge in [0.15, 0.2) is 6.10 Å². The molecular weight excluding hydrogens is 480 g/mol. The number of hydrogen-bond acceptors (Lipinski definition) is 5. The zero-order chi connectivity index (χ0) is 24.8. The summed E-state index contributed by atoms with van der Waals surface area (Å²) in [4.78, 5) is 13.4. The van der Waals surface area contributed by atoms with E-state index in [2.05, 4.69) is 11.0 Å². The molecule has 0 radical (unpaired) electrons. The molecular formula is C26H28ClF2NO5. The molecule has 2 aliphatic rings. The van der Waals surface area contributed by atoms with E-state index in [-0.39, 0.29) is 23.3 Å². The van der Waals surface area contributed by atoms with E-state index in [1.54, 1.807) is 18.2 Å². The average molecular weight is 508 g/mol. The van der Waals surface area contributed by atoms with Crippen molar-refractivity contribution in [3.63, 3.8) is 0 Å². The molecule has 0 atom stereocenters. The highest BCUT2D eigenvalue weighted by atomic mass is 35.5. The lowest BCUT2D eigenvalue weighted by atomic mass is 9.96. The van der Waals surface area contributed by atoms with Crippen LogP contribution < -0.4 is 14.2 Å². The predicted molar refractivity (Wildman–Crippen MR) is 129 cm³/mol. The number of carboxylic acids is 1. The Morgan fingerprint density at radius 1 is 1.17 bits per heavy atom. The Bertz CT molecular complexity index is 1070. The Morgan fingerprint density at radius 2 is 1.94 bits per heavy atom. The van der Waals surface area contributed by atoms with Crippen molar-refractivity contribution in [3.05, 3.63) is 58.1 Å². The normalized spacial score (nSPS) is 16.4. The lowest BCUT2D eigenvalue weighted by molar-refractivity contribution is -0.143. The van der Waals surface area contributed by atoms with E-state index in [4.69, 9.17) is 30.9 Å². The number of piperidine rings is 1. The van der Waals surface area contributed by atoms with Crippen LogP contribution in [0.5, 0.6) is 17.2 Å². The molecule has 9 heteroatoms. The van der Waals surface area contributed by atoms with E-state index >= 15 is 0 Å². The lowest BCUT2D eigenvalue weighted by Gasteiger charge is -2.31. The van der Waals surface area contributed by atoms with Gasteiger partial charge in [0.1, 0.15) is 43.8 Å². The highest BCUT2D eigenvalue weighted by Gasteiger charge is 2.25. The topological polar surface area (TPSA) is 68.2 Å². The molecule has 2 aromatic carbocycles. The van der Waals surface area contributed by atoms with E-state index < -0.39 is 25.4 Å². The number of likely N-dealkylation sites (tertiary alicyclic amines) is 1. The third-order valence-corrected chi connectivity index (χ3v) is 6.46. The van der Waals surface area contributed by atoms with Gasteiger partial charge in [0, 0.05) is 18.2 Å². The van der Waals surface area contributed by atoms with Gasteiger partial charge >= 0.3 is 5.97 Å². The Labute approximate surface area is 208 Å². The summed E-state index contributed by atoms with van der Waals surface area (Å²) in [6, 6.07) is 10.6. The first-order chi connectivity index (χ1) is 16.9. The van der Waals surface area contributed by atoms with E-state index in [1.807, 2.05) is 18.2 Å². The molecule has 0 unspecified atom stereocenters. The Hall–Kier alpha value is -2.84. The Balaban J connectivity index is 1.32. The van der Waals surface area contributed by atoms with Crippen LogP contribution in [0.1, 0.15) is 24.0 Å². The highest BCUT2D eigenvalue weighted by molar-refractivity contribution is 6.32. The predicted octanol–water partition coefficient (Wildman–Crippen LogP) is 5.18. The van der Waals surface area contributed by atoms with Crippen molar-refractivity contribution in [1.29, 1.82) is 0 Å². The van der Waals surface area contributed by atoms with Crippen LogP contribution in [0.4, 0.5) is 8.78 Å². The van der Waals surface area contributed by atoms with Crippen molar-refractivity contribution >= 4 is 23.6 Å². The molecule has 6 nitrogen and oxygen atoms in total. The van der Waals surface area contributed by atoms with E-state index in [0.717, 1.165) is 42.1 Å². The fourth-order valence-corrected chi connectivity index (χ4v) is 4.43. The lowest BCUT2D eigenvalue weighted by Crippen LogP contribution is -2.38. The van der Waals surface area contributed by atoms with Crippen molar-refractivity contribution in [2.24, 2.45) is 5.92 Å². The zero-order valence-corrected chi connectivity index (χ0v) is 20.0. The maximum absolute atomic E-state index is 12.7. The molecule has 1 saturated heterocycles. The van der Waals surface area contributed by atoms with Crippen molar-refractivity contribution in [1.82, 2.24) is 4.90 Å². The first kappa shape index (κ1) is 25.3. The molecule has 2 aromatic rings. The number of carbonyl (C=O) groups is 1. The summed E-state index contributed by atoms with van der Waals surface area (Å²) in [7, 11) is 0.